The van der Waals surface area contributed by atoms with Gasteiger partial charge in [0.2, 0.25) is 0 Å². The smallest absolute Gasteiger partial charge is 0.332 e. The normalized spacial score (nSPS) is 11.5. The van der Waals surface area contributed by atoms with Crippen molar-refractivity contribution >= 4 is 17.6 Å². The van der Waals surface area contributed by atoms with Crippen molar-refractivity contribution in [3.8, 4) is 11.5 Å². The predicted octanol–water partition coefficient (Wildman–Crippen LogP) is 0.230. The summed E-state index contributed by atoms with van der Waals surface area (Å²) in [4.78, 5) is 22.9. The molecule has 1 rings (SSSR count). The lowest BCUT2D eigenvalue weighted by Crippen LogP contribution is -2.43. The van der Waals surface area contributed by atoms with Crippen LogP contribution in [0.1, 0.15) is 6.92 Å². The third-order valence-electron chi connectivity index (χ3n) is 2.27. The third-order valence-corrected chi connectivity index (χ3v) is 2.27. The number of anilines is 1. The van der Waals surface area contributed by atoms with Crippen LogP contribution in [0.15, 0.2) is 18.2 Å². The highest BCUT2D eigenvalue weighted by molar-refractivity contribution is 6.08. The maximum absolute atomic E-state index is 11.6. The van der Waals surface area contributed by atoms with Gasteiger partial charge in [0.1, 0.15) is 0 Å². The summed E-state index contributed by atoms with van der Waals surface area (Å²) >= 11 is 0. The molecule has 0 aliphatic heterocycles. The molecule has 1 amide bonds. The van der Waals surface area contributed by atoms with E-state index in [0.717, 1.165) is 0 Å². The van der Waals surface area contributed by atoms with Gasteiger partial charge in [-0.05, 0) is 19.1 Å². The summed E-state index contributed by atoms with van der Waals surface area (Å²) in [6, 6.07) is 2.85. The summed E-state index contributed by atoms with van der Waals surface area (Å²) < 4.78 is 9.49. The van der Waals surface area contributed by atoms with Crippen LogP contribution in [-0.2, 0) is 14.3 Å². The lowest BCUT2D eigenvalue weighted by Gasteiger charge is -2.12. The Bertz CT molecular complexity index is 475. The molecular formula is C12H16N2O5. The lowest BCUT2D eigenvalue weighted by molar-refractivity contribution is -0.146. The standard InChI is InChI=1S/C12H16N2O5/c1-3-19-12(17)10(13)11(16)14-7-4-5-9(18-2)8(15)6-7/h4-6,10,15H,3,13H2,1-2H3,(H,14,16). The number of ether oxygens (including phenoxy) is 2. The van der Waals surface area contributed by atoms with E-state index in [-0.39, 0.29) is 18.1 Å². The van der Waals surface area contributed by atoms with Crippen molar-refractivity contribution in [1.29, 1.82) is 0 Å². The fourth-order valence-corrected chi connectivity index (χ4v) is 1.33. The minimum atomic E-state index is -1.41. The number of nitrogens with one attached hydrogen (secondary N) is 1. The fraction of sp³-hybridized carbons (Fsp3) is 0.333. The van der Waals surface area contributed by atoms with E-state index < -0.39 is 17.9 Å². The topological polar surface area (TPSA) is 111 Å². The van der Waals surface area contributed by atoms with Crippen molar-refractivity contribution in [2.24, 2.45) is 5.73 Å². The number of benzene rings is 1. The van der Waals surface area contributed by atoms with Crippen LogP contribution >= 0.6 is 0 Å². The highest BCUT2D eigenvalue weighted by Crippen LogP contribution is 2.28. The number of carbonyl (C=O) groups excluding carboxylic acids is 2. The Kier molecular flexibility index (Phi) is 5.13. The molecule has 1 atom stereocenters. The molecule has 0 saturated heterocycles. The fourth-order valence-electron chi connectivity index (χ4n) is 1.33. The van der Waals surface area contributed by atoms with Crippen molar-refractivity contribution < 1.29 is 24.2 Å². The minimum Gasteiger partial charge on any atom is -0.504 e. The zero-order chi connectivity index (χ0) is 14.4. The van der Waals surface area contributed by atoms with Crippen LogP contribution in [-0.4, -0.2) is 36.7 Å². The van der Waals surface area contributed by atoms with E-state index in [0.29, 0.717) is 5.69 Å². The largest absolute Gasteiger partial charge is 0.504 e. The summed E-state index contributed by atoms with van der Waals surface area (Å²) in [7, 11) is 1.41. The monoisotopic (exact) mass is 268 g/mol. The van der Waals surface area contributed by atoms with E-state index in [9.17, 15) is 14.7 Å². The van der Waals surface area contributed by atoms with E-state index in [1.807, 2.05) is 0 Å². The van der Waals surface area contributed by atoms with E-state index in [1.54, 1.807) is 6.92 Å². The number of nitrogens with two attached hydrogens (primary N) is 1. The molecule has 0 spiro atoms. The van der Waals surface area contributed by atoms with E-state index >= 15 is 0 Å². The van der Waals surface area contributed by atoms with Crippen LogP contribution < -0.4 is 15.8 Å². The maximum atomic E-state index is 11.6. The molecule has 1 unspecified atom stereocenters. The van der Waals surface area contributed by atoms with Gasteiger partial charge in [-0.25, -0.2) is 4.79 Å². The molecule has 104 valence electrons. The number of esters is 1. The SMILES string of the molecule is CCOC(=O)C(N)C(=O)Nc1ccc(OC)c(O)c1. The number of aromatic hydroxyl groups is 1. The number of phenols is 1. The maximum Gasteiger partial charge on any atom is 0.332 e. The first kappa shape index (κ1) is 14.8. The van der Waals surface area contributed by atoms with Gasteiger partial charge < -0.3 is 25.6 Å². The molecule has 0 bridgehead atoms. The van der Waals surface area contributed by atoms with Crippen LogP contribution in [0.25, 0.3) is 0 Å². The van der Waals surface area contributed by atoms with Gasteiger partial charge in [-0.2, -0.15) is 0 Å². The Hall–Kier alpha value is -2.28. The lowest BCUT2D eigenvalue weighted by atomic mass is 10.2. The molecule has 1 aromatic rings. The highest BCUT2D eigenvalue weighted by Gasteiger charge is 2.23. The molecule has 7 nitrogen and oxygen atoms in total. The minimum absolute atomic E-state index is 0.134. The van der Waals surface area contributed by atoms with Crippen molar-refractivity contribution in [3.63, 3.8) is 0 Å². The first-order valence-corrected chi connectivity index (χ1v) is 5.59. The molecule has 1 aromatic carbocycles. The molecule has 0 aliphatic rings. The van der Waals surface area contributed by atoms with Gasteiger partial charge in [0.15, 0.2) is 17.5 Å². The van der Waals surface area contributed by atoms with Gasteiger partial charge in [-0.3, -0.25) is 4.79 Å². The van der Waals surface area contributed by atoms with Crippen molar-refractivity contribution in [2.45, 2.75) is 13.0 Å². The van der Waals surface area contributed by atoms with Gasteiger partial charge in [-0.15, -0.1) is 0 Å². The van der Waals surface area contributed by atoms with Gasteiger partial charge in [0, 0.05) is 11.8 Å². The Morgan fingerprint density at radius 2 is 2.16 bits per heavy atom. The van der Waals surface area contributed by atoms with Gasteiger partial charge in [0.05, 0.1) is 13.7 Å². The molecule has 7 heteroatoms. The number of carbonyl (C=O) groups is 2. The van der Waals surface area contributed by atoms with Crippen LogP contribution in [0.5, 0.6) is 11.5 Å². The molecule has 19 heavy (non-hydrogen) atoms. The Balaban J connectivity index is 2.71. The van der Waals surface area contributed by atoms with Crippen LogP contribution in [0, 0.1) is 0 Å². The zero-order valence-corrected chi connectivity index (χ0v) is 10.7. The average molecular weight is 268 g/mol. The molecule has 4 N–H and O–H groups in total. The third kappa shape index (κ3) is 3.85. The second kappa shape index (κ2) is 6.60. The number of methoxy groups -OCH3 is 1. The molecule has 0 heterocycles. The summed E-state index contributed by atoms with van der Waals surface area (Å²) in [5.74, 6) is -1.39. The van der Waals surface area contributed by atoms with Gasteiger partial charge in [0.25, 0.3) is 5.91 Å². The van der Waals surface area contributed by atoms with Crippen molar-refractivity contribution in [3.05, 3.63) is 18.2 Å². The summed E-state index contributed by atoms with van der Waals surface area (Å²) in [6.07, 6.45) is 0. The first-order valence-electron chi connectivity index (χ1n) is 5.59. The number of phenolic OH excluding ortho intramolecular Hbond substituents is 1. The second-order valence-corrected chi connectivity index (χ2v) is 3.61. The van der Waals surface area contributed by atoms with Crippen molar-refractivity contribution in [1.82, 2.24) is 0 Å². The van der Waals surface area contributed by atoms with Crippen molar-refractivity contribution in [2.75, 3.05) is 19.0 Å². The molecule has 0 saturated carbocycles. The van der Waals surface area contributed by atoms with E-state index in [1.165, 1.54) is 25.3 Å². The molecule has 0 aliphatic carbocycles. The predicted molar refractivity (Wildman–Crippen MR) is 67.9 cm³/mol. The van der Waals surface area contributed by atoms with Crippen LogP contribution in [0.4, 0.5) is 5.69 Å². The Morgan fingerprint density at radius 3 is 2.68 bits per heavy atom. The number of hydrogen-bond donors (Lipinski definition) is 3. The quantitative estimate of drug-likeness (QED) is 0.520. The van der Waals surface area contributed by atoms with Gasteiger partial charge in [-0.1, -0.05) is 0 Å². The Labute approximate surface area is 110 Å². The number of hydrogen-bond acceptors (Lipinski definition) is 6. The van der Waals surface area contributed by atoms with E-state index in [2.05, 4.69) is 10.1 Å². The first-order chi connectivity index (χ1) is 8.99. The number of amides is 1. The zero-order valence-electron chi connectivity index (χ0n) is 10.7. The summed E-state index contributed by atoms with van der Waals surface area (Å²) in [5.41, 5.74) is 5.71. The molecule has 0 aromatic heterocycles. The van der Waals surface area contributed by atoms with Crippen LogP contribution in [0.3, 0.4) is 0 Å². The van der Waals surface area contributed by atoms with Gasteiger partial charge >= 0.3 is 5.97 Å². The molecular weight excluding hydrogens is 252 g/mol. The Morgan fingerprint density at radius 1 is 1.47 bits per heavy atom. The average Bonchev–Trinajstić information content (AvgIpc) is 2.38. The van der Waals surface area contributed by atoms with E-state index in [4.69, 9.17) is 10.5 Å². The summed E-state index contributed by atoms with van der Waals surface area (Å²) in [5, 5.41) is 11.9. The molecule has 0 radical (unpaired) electrons. The molecule has 0 fully saturated rings. The number of rotatable bonds is 5. The second-order valence-electron chi connectivity index (χ2n) is 3.61. The highest BCUT2D eigenvalue weighted by atomic mass is 16.5. The van der Waals surface area contributed by atoms with Crippen LogP contribution in [0.2, 0.25) is 0 Å². The summed E-state index contributed by atoms with van der Waals surface area (Å²) in [6.45, 7) is 1.76.